The molecular formula is C32H69NO4S. The Hall–Kier alpha value is -0.170. The molecule has 0 rings (SSSR count). The molecule has 0 aromatic heterocycles. The van der Waals surface area contributed by atoms with Crippen molar-refractivity contribution in [2.24, 2.45) is 17.8 Å². The molecule has 0 saturated heterocycles. The maximum Gasteiger partial charge on any atom is 0.217 e. The predicted molar refractivity (Wildman–Crippen MR) is 165 cm³/mol. The Kier molecular flexibility index (Phi) is 23.7. The molecule has 0 aromatic rings. The highest BCUT2D eigenvalue weighted by molar-refractivity contribution is 7.80. The van der Waals surface area contributed by atoms with Crippen LogP contribution in [0.5, 0.6) is 0 Å². The Morgan fingerprint density at radius 1 is 0.579 bits per heavy atom. The molecule has 0 amide bonds. The van der Waals surface area contributed by atoms with Crippen molar-refractivity contribution in [3.63, 3.8) is 0 Å². The van der Waals surface area contributed by atoms with Gasteiger partial charge in [0.1, 0.15) is 0 Å². The average Bonchev–Trinajstić information content (AvgIpc) is 2.90. The first kappa shape index (κ1) is 40.0. The topological polar surface area (TPSA) is 66.4 Å². The van der Waals surface area contributed by atoms with Crippen molar-refractivity contribution in [3.8, 4) is 0 Å². The van der Waals surface area contributed by atoms with Crippen LogP contribution in [-0.2, 0) is 14.6 Å². The molecule has 0 aliphatic rings. The summed E-state index contributed by atoms with van der Waals surface area (Å²) in [6, 6.07) is 2.44. The molecule has 6 unspecified atom stereocenters. The normalized spacial score (nSPS) is 18.4. The first-order valence-electron chi connectivity index (χ1n) is 16.3. The fourth-order valence-electron chi connectivity index (χ4n) is 7.69. The van der Waals surface area contributed by atoms with E-state index >= 15 is 0 Å². The molecule has 232 valence electrons. The van der Waals surface area contributed by atoms with Gasteiger partial charge < -0.3 is 9.04 Å². The summed E-state index contributed by atoms with van der Waals surface area (Å²) >= 11 is 0. The van der Waals surface area contributed by atoms with E-state index in [0.717, 1.165) is 43.0 Å². The number of hydrogen-bond donors (Lipinski definition) is 0. The number of rotatable bonds is 22. The second-order valence-corrected chi connectivity index (χ2v) is 12.8. The minimum absolute atomic E-state index is 0.808. The molecule has 0 N–H and O–H groups in total. The lowest BCUT2D eigenvalue weighted by molar-refractivity contribution is -0.989. The minimum Gasteiger partial charge on any atom is -0.726 e. The van der Waals surface area contributed by atoms with E-state index in [0.29, 0.717) is 0 Å². The average molecular weight is 564 g/mol. The lowest BCUT2D eigenvalue weighted by Gasteiger charge is -2.58. The van der Waals surface area contributed by atoms with Crippen molar-refractivity contribution in [2.75, 3.05) is 14.2 Å². The van der Waals surface area contributed by atoms with Crippen LogP contribution < -0.4 is 0 Å². The van der Waals surface area contributed by atoms with Gasteiger partial charge in [0.25, 0.3) is 0 Å². The van der Waals surface area contributed by atoms with Crippen molar-refractivity contribution in [2.45, 2.75) is 177 Å². The third-order valence-corrected chi connectivity index (χ3v) is 10.0. The molecule has 0 radical (unpaired) electrons. The van der Waals surface area contributed by atoms with Crippen LogP contribution >= 0.6 is 0 Å². The van der Waals surface area contributed by atoms with Crippen molar-refractivity contribution in [1.82, 2.24) is 0 Å². The van der Waals surface area contributed by atoms with E-state index in [4.69, 9.17) is 0 Å². The molecule has 5 nitrogen and oxygen atoms in total. The fourth-order valence-corrected chi connectivity index (χ4v) is 7.69. The maximum absolute atomic E-state index is 9.22. The molecular weight excluding hydrogens is 494 g/mol. The number of unbranched alkanes of at least 4 members (excludes halogenated alkanes) is 3. The summed E-state index contributed by atoms with van der Waals surface area (Å²) in [5, 5.41) is 0. The van der Waals surface area contributed by atoms with Gasteiger partial charge in [-0.1, -0.05) is 101 Å². The molecule has 0 saturated carbocycles. The molecule has 0 bridgehead atoms. The molecule has 0 aliphatic carbocycles. The van der Waals surface area contributed by atoms with E-state index in [-0.39, 0.29) is 0 Å². The van der Waals surface area contributed by atoms with Crippen LogP contribution in [0.1, 0.15) is 159 Å². The van der Waals surface area contributed by atoms with Gasteiger partial charge >= 0.3 is 0 Å². The van der Waals surface area contributed by atoms with Crippen molar-refractivity contribution in [3.05, 3.63) is 0 Å². The van der Waals surface area contributed by atoms with E-state index in [1.54, 1.807) is 0 Å². The van der Waals surface area contributed by atoms with Crippen LogP contribution in [0.4, 0.5) is 0 Å². The fraction of sp³-hybridized carbons (Fsp3) is 1.00. The zero-order valence-corrected chi connectivity index (χ0v) is 28.4. The smallest absolute Gasteiger partial charge is 0.217 e. The largest absolute Gasteiger partial charge is 0.726 e. The van der Waals surface area contributed by atoms with Gasteiger partial charge in [0.2, 0.25) is 10.4 Å². The SMILES string of the molecule is CCCCC(CC)C(CC)[N+](C)(C(CC)C(CC)CCCC)C(CC)C(CC)CCCC.COS(=O)(=O)[O-]. The predicted octanol–water partition coefficient (Wildman–Crippen LogP) is 9.51. The first-order valence-corrected chi connectivity index (χ1v) is 17.7. The quantitative estimate of drug-likeness (QED) is 0.0747. The van der Waals surface area contributed by atoms with Gasteiger partial charge in [-0.2, -0.15) is 0 Å². The van der Waals surface area contributed by atoms with E-state index in [2.05, 4.69) is 73.5 Å². The summed E-state index contributed by atoms with van der Waals surface area (Å²) in [5.74, 6) is 2.63. The second kappa shape index (κ2) is 22.5. The van der Waals surface area contributed by atoms with E-state index in [9.17, 15) is 13.0 Å². The summed E-state index contributed by atoms with van der Waals surface area (Å²) in [7, 11) is -0.846. The Morgan fingerprint density at radius 2 is 0.816 bits per heavy atom. The van der Waals surface area contributed by atoms with E-state index in [1.807, 2.05) is 0 Å². The van der Waals surface area contributed by atoms with Crippen molar-refractivity contribution < 1.29 is 21.6 Å². The zero-order chi connectivity index (χ0) is 29.8. The van der Waals surface area contributed by atoms with Crippen molar-refractivity contribution in [1.29, 1.82) is 0 Å². The van der Waals surface area contributed by atoms with Gasteiger partial charge in [0.15, 0.2) is 0 Å². The zero-order valence-electron chi connectivity index (χ0n) is 27.6. The Bertz CT molecular complexity index is 580. The number of nitrogens with zero attached hydrogens (tertiary/aromatic N) is 1. The molecule has 38 heavy (non-hydrogen) atoms. The van der Waals surface area contributed by atoms with Crippen molar-refractivity contribution >= 4 is 10.4 Å². The van der Waals surface area contributed by atoms with Crippen LogP contribution in [-0.4, -0.2) is 49.7 Å². The van der Waals surface area contributed by atoms with Crippen LogP contribution in [0.15, 0.2) is 0 Å². The van der Waals surface area contributed by atoms with Gasteiger partial charge in [-0.3, -0.25) is 4.18 Å². The summed E-state index contributed by atoms with van der Waals surface area (Å²) in [5.41, 5.74) is 0. The van der Waals surface area contributed by atoms with Gasteiger partial charge in [-0.05, 0) is 57.8 Å². The van der Waals surface area contributed by atoms with E-state index < -0.39 is 10.4 Å². The highest BCUT2D eigenvalue weighted by Gasteiger charge is 2.50. The third-order valence-electron chi connectivity index (χ3n) is 9.59. The lowest BCUT2D eigenvalue weighted by atomic mass is 9.76. The Morgan fingerprint density at radius 3 is 0.947 bits per heavy atom. The third kappa shape index (κ3) is 13.5. The highest BCUT2D eigenvalue weighted by Crippen LogP contribution is 2.43. The van der Waals surface area contributed by atoms with Gasteiger partial charge in [0.05, 0.1) is 32.3 Å². The Balaban J connectivity index is 0. The molecule has 6 atom stereocenters. The second-order valence-electron chi connectivity index (χ2n) is 11.7. The molecule has 6 heteroatoms. The van der Waals surface area contributed by atoms with Crippen LogP contribution in [0, 0.1) is 17.8 Å². The Labute approximate surface area is 240 Å². The van der Waals surface area contributed by atoms with Crippen LogP contribution in [0.2, 0.25) is 0 Å². The summed E-state index contributed by atoms with van der Waals surface area (Å²) in [6.07, 6.45) is 20.7. The molecule has 0 fully saturated rings. The number of hydrogen-bond acceptors (Lipinski definition) is 4. The van der Waals surface area contributed by atoms with Crippen LogP contribution in [0.3, 0.4) is 0 Å². The van der Waals surface area contributed by atoms with Gasteiger partial charge in [-0.15, -0.1) is 0 Å². The maximum atomic E-state index is 9.22. The van der Waals surface area contributed by atoms with Gasteiger partial charge in [0, 0.05) is 17.8 Å². The summed E-state index contributed by atoms with van der Waals surface area (Å²) < 4.78 is 32.4. The summed E-state index contributed by atoms with van der Waals surface area (Å²) in [4.78, 5) is 0. The monoisotopic (exact) mass is 563 g/mol. The standard InChI is InChI=1S/C31H66N.CH4O4S/c1-11-20-23-26(14-4)29(17-7)32(10,30(18-8)27(15-5)24-21-12-2)31(19-9)28(16-6)25-22-13-3;1-5-6(2,3)4/h26-31H,11-25H2,1-10H3;1H3,(H,2,3,4)/q+1;/p-1. The molecule has 0 heterocycles. The lowest BCUT2D eigenvalue weighted by Crippen LogP contribution is -2.69. The van der Waals surface area contributed by atoms with E-state index in [1.165, 1.54) is 101 Å². The van der Waals surface area contributed by atoms with Gasteiger partial charge in [-0.25, -0.2) is 8.42 Å². The summed E-state index contributed by atoms with van der Waals surface area (Å²) in [6.45, 7) is 22.1. The van der Waals surface area contributed by atoms with Crippen LogP contribution in [0.25, 0.3) is 0 Å². The minimum atomic E-state index is -4.41. The highest BCUT2D eigenvalue weighted by atomic mass is 32.3. The molecule has 0 aliphatic heterocycles. The molecule has 0 spiro atoms. The first-order chi connectivity index (χ1) is 18.0. The molecule has 0 aromatic carbocycles. The number of quaternary nitrogens is 1.